The van der Waals surface area contributed by atoms with Crippen molar-refractivity contribution in [2.75, 3.05) is 13.1 Å². The first-order valence-electron chi connectivity index (χ1n) is 10.2. The SMILES string of the molecule is O=C(c1cnc2c(ccn2-c2ccc(-c3nnc[nH]3)cc2)c1)N1CCC[C@@H](C(F)(F)F)C1. The number of piperidine rings is 1. The van der Waals surface area contributed by atoms with Crippen molar-refractivity contribution in [2.24, 2.45) is 5.92 Å². The Kier molecular flexibility index (Phi) is 4.91. The minimum absolute atomic E-state index is 0.0582. The Hall–Kier alpha value is -3.69. The Morgan fingerprint density at radius 1 is 1.16 bits per heavy atom. The molecule has 0 aliphatic carbocycles. The number of alkyl halides is 3. The van der Waals surface area contributed by atoms with Gasteiger partial charge >= 0.3 is 6.18 Å². The van der Waals surface area contributed by atoms with E-state index >= 15 is 0 Å². The summed E-state index contributed by atoms with van der Waals surface area (Å²) in [7, 11) is 0. The summed E-state index contributed by atoms with van der Waals surface area (Å²) in [6.07, 6.45) is 0.895. The van der Waals surface area contributed by atoms with E-state index in [1.54, 1.807) is 6.07 Å². The van der Waals surface area contributed by atoms with Crippen LogP contribution in [0.5, 0.6) is 0 Å². The molecule has 5 rings (SSSR count). The number of aromatic amines is 1. The van der Waals surface area contributed by atoms with Gasteiger partial charge in [-0.15, -0.1) is 10.2 Å². The first-order valence-corrected chi connectivity index (χ1v) is 10.2. The van der Waals surface area contributed by atoms with Crippen LogP contribution in [0, 0.1) is 5.92 Å². The number of hydrogen-bond donors (Lipinski definition) is 1. The molecule has 10 heteroatoms. The van der Waals surface area contributed by atoms with Crippen LogP contribution < -0.4 is 0 Å². The number of aromatic nitrogens is 5. The van der Waals surface area contributed by atoms with E-state index in [2.05, 4.69) is 20.2 Å². The van der Waals surface area contributed by atoms with Crippen molar-refractivity contribution >= 4 is 16.9 Å². The van der Waals surface area contributed by atoms with Gasteiger partial charge in [0.25, 0.3) is 5.91 Å². The lowest BCUT2D eigenvalue weighted by molar-refractivity contribution is -0.184. The van der Waals surface area contributed by atoms with Crippen LogP contribution in [0.15, 0.2) is 55.1 Å². The van der Waals surface area contributed by atoms with Crippen molar-refractivity contribution in [3.05, 3.63) is 60.7 Å². The number of rotatable bonds is 3. The molecule has 0 radical (unpaired) electrons. The molecule has 1 aliphatic rings. The number of pyridine rings is 1. The largest absolute Gasteiger partial charge is 0.393 e. The highest BCUT2D eigenvalue weighted by molar-refractivity contribution is 5.97. The van der Waals surface area contributed by atoms with Gasteiger partial charge in [0.15, 0.2) is 5.82 Å². The zero-order valence-corrected chi connectivity index (χ0v) is 16.9. The molecule has 0 bridgehead atoms. The maximum Gasteiger partial charge on any atom is 0.393 e. The van der Waals surface area contributed by atoms with Gasteiger partial charge < -0.3 is 14.5 Å². The Morgan fingerprint density at radius 3 is 2.69 bits per heavy atom. The van der Waals surface area contributed by atoms with Gasteiger partial charge in [0.2, 0.25) is 0 Å². The zero-order chi connectivity index (χ0) is 22.3. The third kappa shape index (κ3) is 3.72. The van der Waals surface area contributed by atoms with Crippen LogP contribution in [0.3, 0.4) is 0 Å². The monoisotopic (exact) mass is 440 g/mol. The maximum absolute atomic E-state index is 13.1. The molecule has 1 aromatic carbocycles. The number of nitrogens with one attached hydrogen (secondary N) is 1. The van der Waals surface area contributed by atoms with Crippen molar-refractivity contribution in [3.8, 4) is 17.1 Å². The Morgan fingerprint density at radius 2 is 1.97 bits per heavy atom. The highest BCUT2D eigenvalue weighted by atomic mass is 19.4. The number of carbonyl (C=O) groups is 1. The van der Waals surface area contributed by atoms with Gasteiger partial charge in [-0.3, -0.25) is 4.79 Å². The molecule has 0 saturated carbocycles. The maximum atomic E-state index is 13.1. The molecule has 7 nitrogen and oxygen atoms in total. The summed E-state index contributed by atoms with van der Waals surface area (Å²) in [5.74, 6) is -1.23. The zero-order valence-electron chi connectivity index (χ0n) is 16.9. The predicted octanol–water partition coefficient (Wildman–Crippen LogP) is 4.23. The molecule has 164 valence electrons. The number of hydrogen-bond acceptors (Lipinski definition) is 4. The van der Waals surface area contributed by atoms with Crippen LogP contribution >= 0.6 is 0 Å². The van der Waals surface area contributed by atoms with Crippen LogP contribution in [0.2, 0.25) is 0 Å². The number of benzene rings is 1. The van der Waals surface area contributed by atoms with Crippen molar-refractivity contribution in [1.29, 1.82) is 0 Å². The Labute approximate surface area is 180 Å². The van der Waals surface area contributed by atoms with Crippen LogP contribution in [0.4, 0.5) is 13.2 Å². The quantitative estimate of drug-likeness (QED) is 0.517. The smallest absolute Gasteiger partial charge is 0.338 e. The summed E-state index contributed by atoms with van der Waals surface area (Å²) in [5.41, 5.74) is 2.71. The molecule has 32 heavy (non-hydrogen) atoms. The molecular weight excluding hydrogens is 421 g/mol. The first kappa shape index (κ1) is 20.2. The van der Waals surface area contributed by atoms with Crippen molar-refractivity contribution < 1.29 is 18.0 Å². The van der Waals surface area contributed by atoms with E-state index < -0.39 is 18.0 Å². The highest BCUT2D eigenvalue weighted by Crippen LogP contribution is 2.33. The third-order valence-corrected chi connectivity index (χ3v) is 5.78. The molecule has 0 spiro atoms. The van der Waals surface area contributed by atoms with Crippen LogP contribution in [0.1, 0.15) is 23.2 Å². The summed E-state index contributed by atoms with van der Waals surface area (Å²) in [6.45, 7) is 0.0148. The molecule has 1 aliphatic heterocycles. The molecule has 3 aromatic heterocycles. The second-order valence-electron chi connectivity index (χ2n) is 7.84. The molecule has 4 heterocycles. The van der Waals surface area contributed by atoms with Crippen molar-refractivity contribution in [2.45, 2.75) is 19.0 Å². The highest BCUT2D eigenvalue weighted by Gasteiger charge is 2.42. The molecule has 0 unspecified atom stereocenters. The normalized spacial score (nSPS) is 17.1. The summed E-state index contributed by atoms with van der Waals surface area (Å²) in [5, 5.41) is 8.50. The lowest BCUT2D eigenvalue weighted by atomic mass is 9.97. The fraction of sp³-hybridized carbons (Fsp3) is 0.273. The number of fused-ring (bicyclic) bond motifs is 1. The van der Waals surface area contributed by atoms with E-state index in [1.807, 2.05) is 41.1 Å². The summed E-state index contributed by atoms with van der Waals surface area (Å²) in [6, 6.07) is 11.2. The minimum atomic E-state index is -4.29. The van der Waals surface area contributed by atoms with Gasteiger partial charge in [0.05, 0.1) is 11.5 Å². The van der Waals surface area contributed by atoms with Gasteiger partial charge in [0, 0.05) is 42.1 Å². The lowest BCUT2D eigenvalue weighted by Gasteiger charge is -2.33. The van der Waals surface area contributed by atoms with Gasteiger partial charge in [-0.1, -0.05) is 0 Å². The van der Waals surface area contributed by atoms with E-state index in [4.69, 9.17) is 0 Å². The molecule has 1 N–H and O–H groups in total. The Balaban J connectivity index is 1.39. The first-order chi connectivity index (χ1) is 15.4. The van der Waals surface area contributed by atoms with Gasteiger partial charge in [0.1, 0.15) is 12.0 Å². The minimum Gasteiger partial charge on any atom is -0.338 e. The third-order valence-electron chi connectivity index (χ3n) is 5.78. The summed E-state index contributed by atoms with van der Waals surface area (Å²) in [4.78, 5) is 21.5. The predicted molar refractivity (Wildman–Crippen MR) is 111 cm³/mol. The van der Waals surface area contributed by atoms with E-state index in [-0.39, 0.29) is 13.0 Å². The van der Waals surface area contributed by atoms with Crippen LogP contribution in [-0.2, 0) is 0 Å². The van der Waals surface area contributed by atoms with E-state index in [9.17, 15) is 18.0 Å². The second kappa shape index (κ2) is 7.77. The van der Waals surface area contributed by atoms with Gasteiger partial charge in [-0.2, -0.15) is 13.2 Å². The lowest BCUT2D eigenvalue weighted by Crippen LogP contribution is -2.44. The van der Waals surface area contributed by atoms with Gasteiger partial charge in [-0.25, -0.2) is 4.98 Å². The number of nitrogens with zero attached hydrogens (tertiary/aromatic N) is 5. The summed E-state index contributed by atoms with van der Waals surface area (Å²) < 4.78 is 41.2. The second-order valence-corrected chi connectivity index (χ2v) is 7.84. The van der Waals surface area contributed by atoms with Gasteiger partial charge in [-0.05, 0) is 49.2 Å². The van der Waals surface area contributed by atoms with Crippen molar-refractivity contribution in [3.63, 3.8) is 0 Å². The summed E-state index contributed by atoms with van der Waals surface area (Å²) >= 11 is 0. The van der Waals surface area contributed by atoms with E-state index in [1.165, 1.54) is 17.4 Å². The van der Waals surface area contributed by atoms with E-state index in [0.717, 1.165) is 16.6 Å². The molecule has 1 amide bonds. The fourth-order valence-corrected chi connectivity index (χ4v) is 4.09. The number of halogens is 3. The fourth-order valence-electron chi connectivity index (χ4n) is 4.09. The number of carbonyl (C=O) groups excluding carboxylic acids is 1. The number of H-pyrrole nitrogens is 1. The van der Waals surface area contributed by atoms with E-state index in [0.29, 0.717) is 30.0 Å². The number of likely N-dealkylation sites (tertiary alicyclic amines) is 1. The number of amides is 1. The molecule has 1 saturated heterocycles. The average molecular weight is 440 g/mol. The standard InChI is InChI=1S/C22H19F3N6O/c23-22(24,25)17-2-1-8-30(12-17)21(32)16-10-15-7-9-31(20(15)26-11-16)18-5-3-14(4-6-18)19-27-13-28-29-19/h3-7,9-11,13,17H,1-2,8,12H2,(H,27,28,29)/t17-/m1/s1. The molecule has 1 atom stereocenters. The van der Waals surface area contributed by atoms with Crippen LogP contribution in [-0.4, -0.2) is 54.8 Å². The molecular formula is C22H19F3N6O. The van der Waals surface area contributed by atoms with Crippen LogP contribution in [0.25, 0.3) is 28.1 Å². The van der Waals surface area contributed by atoms with Crippen molar-refractivity contribution in [1.82, 2.24) is 29.6 Å². The molecule has 1 fully saturated rings. The molecule has 4 aromatic rings. The Bertz CT molecular complexity index is 1250. The topological polar surface area (TPSA) is 79.7 Å². The average Bonchev–Trinajstić information content (AvgIpc) is 3.48.